The molecule has 2 aromatic rings. The summed E-state index contributed by atoms with van der Waals surface area (Å²) in [6.45, 7) is 1.78. The molecule has 0 amide bonds. The minimum Gasteiger partial charge on any atom is -0.297 e. The molecule has 0 bridgehead atoms. The van der Waals surface area contributed by atoms with Gasteiger partial charge in [-0.25, -0.2) is 0 Å². The summed E-state index contributed by atoms with van der Waals surface area (Å²) < 4.78 is 39.2. The van der Waals surface area contributed by atoms with Crippen LogP contribution in [0.5, 0.6) is 0 Å². The van der Waals surface area contributed by atoms with Gasteiger partial charge in [-0.1, -0.05) is 30.3 Å². The number of aryl methyl sites for hydroxylation is 1. The van der Waals surface area contributed by atoms with Crippen molar-refractivity contribution in [3.63, 3.8) is 0 Å². The van der Waals surface area contributed by atoms with Crippen LogP contribution >= 0.6 is 0 Å². The summed E-state index contributed by atoms with van der Waals surface area (Å²) in [7, 11) is 0. The van der Waals surface area contributed by atoms with Crippen LogP contribution < -0.4 is 5.32 Å². The Kier molecular flexibility index (Phi) is 4.34. The van der Waals surface area contributed by atoms with Crippen LogP contribution in [0.15, 0.2) is 42.7 Å². The van der Waals surface area contributed by atoms with Gasteiger partial charge in [0.05, 0.1) is 11.4 Å². The van der Waals surface area contributed by atoms with Crippen LogP contribution in [-0.2, 0) is 6.54 Å². The first-order chi connectivity index (χ1) is 9.47. The summed E-state index contributed by atoms with van der Waals surface area (Å²) >= 11 is 0. The fourth-order valence-electron chi connectivity index (χ4n) is 1.79. The van der Waals surface area contributed by atoms with Gasteiger partial charge in [-0.2, -0.15) is 13.2 Å². The Balaban J connectivity index is 2.11. The highest BCUT2D eigenvalue weighted by Crippen LogP contribution is 2.32. The van der Waals surface area contributed by atoms with Crippen molar-refractivity contribution in [1.82, 2.24) is 15.3 Å². The normalized spacial score (nSPS) is 13.2. The molecule has 0 spiro atoms. The Morgan fingerprint density at radius 3 is 2.35 bits per heavy atom. The molecule has 0 aliphatic carbocycles. The molecular weight excluding hydrogens is 267 g/mol. The average molecular weight is 281 g/mol. The molecule has 0 fully saturated rings. The molecule has 0 radical (unpaired) electrons. The monoisotopic (exact) mass is 281 g/mol. The van der Waals surface area contributed by atoms with E-state index in [9.17, 15) is 13.2 Å². The molecule has 1 heterocycles. The first-order valence-corrected chi connectivity index (χ1v) is 6.09. The van der Waals surface area contributed by atoms with E-state index < -0.39 is 12.2 Å². The Hall–Kier alpha value is -1.95. The van der Waals surface area contributed by atoms with Crippen LogP contribution in [0.2, 0.25) is 0 Å². The number of rotatable bonds is 4. The Morgan fingerprint density at radius 2 is 1.80 bits per heavy atom. The van der Waals surface area contributed by atoms with Crippen molar-refractivity contribution in [2.24, 2.45) is 0 Å². The lowest BCUT2D eigenvalue weighted by molar-refractivity contribution is -0.158. The lowest BCUT2D eigenvalue weighted by Crippen LogP contribution is -2.34. The lowest BCUT2D eigenvalue weighted by atomic mass is 10.1. The molecule has 1 atom stereocenters. The van der Waals surface area contributed by atoms with Gasteiger partial charge >= 0.3 is 6.18 Å². The van der Waals surface area contributed by atoms with Gasteiger partial charge in [0.1, 0.15) is 6.04 Å². The second-order valence-corrected chi connectivity index (χ2v) is 4.42. The molecule has 1 unspecified atom stereocenters. The number of nitrogens with zero attached hydrogens (tertiary/aromatic N) is 2. The van der Waals surface area contributed by atoms with Crippen molar-refractivity contribution >= 4 is 0 Å². The van der Waals surface area contributed by atoms with Crippen molar-refractivity contribution in [3.8, 4) is 0 Å². The maximum atomic E-state index is 13.1. The van der Waals surface area contributed by atoms with Gasteiger partial charge in [0.25, 0.3) is 0 Å². The maximum absolute atomic E-state index is 13.1. The zero-order valence-corrected chi connectivity index (χ0v) is 10.9. The molecule has 0 aliphatic heterocycles. The molecule has 20 heavy (non-hydrogen) atoms. The summed E-state index contributed by atoms with van der Waals surface area (Å²) in [4.78, 5) is 8.04. The topological polar surface area (TPSA) is 37.8 Å². The predicted octanol–water partition coefficient (Wildman–Crippen LogP) is 3.18. The van der Waals surface area contributed by atoms with Crippen molar-refractivity contribution in [2.45, 2.75) is 25.7 Å². The molecular formula is C14H14F3N3. The van der Waals surface area contributed by atoms with Gasteiger partial charge in [0, 0.05) is 18.9 Å². The number of hydrogen-bond donors (Lipinski definition) is 1. The summed E-state index contributed by atoms with van der Waals surface area (Å²) in [6.07, 6.45) is -1.36. The second-order valence-electron chi connectivity index (χ2n) is 4.42. The average Bonchev–Trinajstić information content (AvgIpc) is 2.41. The molecule has 1 N–H and O–H groups in total. The smallest absolute Gasteiger partial charge is 0.297 e. The maximum Gasteiger partial charge on any atom is 0.407 e. The number of halogens is 3. The molecule has 106 valence electrons. The number of aromatic nitrogens is 2. The first kappa shape index (κ1) is 14.5. The standard InChI is InChI=1S/C14H14F3N3/c1-10-7-19-12(8-18-10)9-20-13(14(15,16)17)11-5-3-2-4-6-11/h2-8,13,20H,9H2,1H3. The largest absolute Gasteiger partial charge is 0.407 e. The fraction of sp³-hybridized carbons (Fsp3) is 0.286. The van der Waals surface area contributed by atoms with E-state index in [1.807, 2.05) is 0 Å². The molecule has 0 aliphatic rings. The fourth-order valence-corrected chi connectivity index (χ4v) is 1.79. The molecule has 1 aromatic carbocycles. The zero-order chi connectivity index (χ0) is 14.6. The minimum atomic E-state index is -4.36. The van der Waals surface area contributed by atoms with E-state index in [0.717, 1.165) is 5.69 Å². The van der Waals surface area contributed by atoms with Gasteiger partial charge in [-0.05, 0) is 12.5 Å². The number of hydrogen-bond acceptors (Lipinski definition) is 3. The van der Waals surface area contributed by atoms with Crippen LogP contribution in [0.4, 0.5) is 13.2 Å². The number of alkyl halides is 3. The van der Waals surface area contributed by atoms with E-state index in [4.69, 9.17) is 0 Å². The zero-order valence-electron chi connectivity index (χ0n) is 10.9. The minimum absolute atomic E-state index is 0.00630. The van der Waals surface area contributed by atoms with Crippen LogP contribution in [0, 0.1) is 6.92 Å². The third-order valence-corrected chi connectivity index (χ3v) is 2.78. The summed E-state index contributed by atoms with van der Waals surface area (Å²) in [5.41, 5.74) is 1.38. The van der Waals surface area contributed by atoms with E-state index in [-0.39, 0.29) is 12.1 Å². The third-order valence-electron chi connectivity index (χ3n) is 2.78. The molecule has 0 saturated heterocycles. The van der Waals surface area contributed by atoms with Crippen molar-refractivity contribution in [2.75, 3.05) is 0 Å². The van der Waals surface area contributed by atoms with Crippen molar-refractivity contribution < 1.29 is 13.2 Å². The van der Waals surface area contributed by atoms with E-state index in [1.54, 1.807) is 25.1 Å². The third kappa shape index (κ3) is 3.77. The molecule has 2 rings (SSSR count). The summed E-state index contributed by atoms with van der Waals surface area (Å²) in [6, 6.07) is 6.04. The van der Waals surface area contributed by atoms with E-state index in [2.05, 4.69) is 15.3 Å². The quantitative estimate of drug-likeness (QED) is 0.935. The van der Waals surface area contributed by atoms with Crippen LogP contribution in [-0.4, -0.2) is 16.1 Å². The Bertz CT molecular complexity index is 538. The van der Waals surface area contributed by atoms with Gasteiger partial charge in [0.2, 0.25) is 0 Å². The molecule has 1 aromatic heterocycles. The SMILES string of the molecule is Cc1cnc(CNC(c2ccccc2)C(F)(F)F)cn1. The number of nitrogens with one attached hydrogen (secondary N) is 1. The highest BCUT2D eigenvalue weighted by molar-refractivity contribution is 5.20. The van der Waals surface area contributed by atoms with Crippen LogP contribution in [0.1, 0.15) is 23.0 Å². The predicted molar refractivity (Wildman–Crippen MR) is 68.8 cm³/mol. The highest BCUT2D eigenvalue weighted by Gasteiger charge is 2.40. The van der Waals surface area contributed by atoms with Gasteiger partial charge < -0.3 is 0 Å². The molecule has 6 heteroatoms. The first-order valence-electron chi connectivity index (χ1n) is 6.09. The van der Waals surface area contributed by atoms with Crippen LogP contribution in [0.3, 0.4) is 0 Å². The van der Waals surface area contributed by atoms with Crippen molar-refractivity contribution in [1.29, 1.82) is 0 Å². The molecule has 3 nitrogen and oxygen atoms in total. The van der Waals surface area contributed by atoms with E-state index in [0.29, 0.717) is 5.69 Å². The number of benzene rings is 1. The van der Waals surface area contributed by atoms with E-state index >= 15 is 0 Å². The van der Waals surface area contributed by atoms with Gasteiger partial charge in [-0.15, -0.1) is 0 Å². The van der Waals surface area contributed by atoms with Crippen LogP contribution in [0.25, 0.3) is 0 Å². The van der Waals surface area contributed by atoms with E-state index in [1.165, 1.54) is 24.5 Å². The van der Waals surface area contributed by atoms with Gasteiger partial charge in [0.15, 0.2) is 0 Å². The summed E-state index contributed by atoms with van der Waals surface area (Å²) in [5.74, 6) is 0. The lowest BCUT2D eigenvalue weighted by Gasteiger charge is -2.21. The Morgan fingerprint density at radius 1 is 1.10 bits per heavy atom. The Labute approximate surface area is 114 Å². The summed E-state index contributed by atoms with van der Waals surface area (Å²) in [5, 5.41) is 2.48. The van der Waals surface area contributed by atoms with Gasteiger partial charge in [-0.3, -0.25) is 15.3 Å². The molecule has 0 saturated carbocycles. The second kappa shape index (κ2) is 6.00. The van der Waals surface area contributed by atoms with Crippen molar-refractivity contribution in [3.05, 3.63) is 59.7 Å². The highest BCUT2D eigenvalue weighted by atomic mass is 19.4.